The van der Waals surface area contributed by atoms with E-state index >= 15 is 0 Å². The molecule has 4 nitrogen and oxygen atoms in total. The van der Waals surface area contributed by atoms with Crippen LogP contribution in [0, 0.1) is 0 Å². The quantitative estimate of drug-likeness (QED) is 0.213. The van der Waals surface area contributed by atoms with E-state index in [1.807, 2.05) is 36.4 Å². The average Bonchev–Trinajstić information content (AvgIpc) is 3.27. The number of hydrogen-bond donors (Lipinski definition) is 0. The SMILES string of the molecule is CC1(C)c2ccccc2-c2cc3c(cc21)Oc1cc(-c2nc(-c4cccc5ccccc45)c4ccccc4n2)ccc1O3. The Morgan fingerprint density at radius 3 is 2.14 bits per heavy atom. The normalized spacial score (nSPS) is 13.9. The van der Waals surface area contributed by atoms with Crippen LogP contribution in [0.25, 0.3) is 55.4 Å². The second-order valence-electron chi connectivity index (χ2n) is 11.8. The Labute approximate surface area is 249 Å². The van der Waals surface area contributed by atoms with Crippen LogP contribution in [0.2, 0.25) is 0 Å². The molecular formula is C39H26N2O2. The maximum Gasteiger partial charge on any atom is 0.170 e. The number of hydrogen-bond acceptors (Lipinski definition) is 4. The van der Waals surface area contributed by atoms with Crippen LogP contribution < -0.4 is 9.47 Å². The van der Waals surface area contributed by atoms with Crippen LogP contribution in [0.1, 0.15) is 25.0 Å². The molecule has 0 radical (unpaired) electrons. The fraction of sp³-hybridized carbons (Fsp3) is 0.0769. The Morgan fingerprint density at radius 1 is 0.512 bits per heavy atom. The van der Waals surface area contributed by atoms with E-state index in [-0.39, 0.29) is 5.41 Å². The number of nitrogens with zero attached hydrogens (tertiary/aromatic N) is 2. The molecule has 0 amide bonds. The largest absolute Gasteiger partial charge is 0.449 e. The predicted molar refractivity (Wildman–Crippen MR) is 172 cm³/mol. The first kappa shape index (κ1) is 24.2. The highest BCUT2D eigenvalue weighted by atomic mass is 16.6. The van der Waals surface area contributed by atoms with Gasteiger partial charge in [0.1, 0.15) is 0 Å². The Morgan fingerprint density at radius 2 is 1.21 bits per heavy atom. The molecule has 4 heteroatoms. The topological polar surface area (TPSA) is 44.2 Å². The molecule has 0 unspecified atom stereocenters. The van der Waals surface area contributed by atoms with E-state index in [1.165, 1.54) is 27.6 Å². The number of para-hydroxylation sites is 1. The molecular weight excluding hydrogens is 528 g/mol. The van der Waals surface area contributed by atoms with E-state index in [1.54, 1.807) is 0 Å². The number of rotatable bonds is 2. The van der Waals surface area contributed by atoms with E-state index < -0.39 is 0 Å². The summed E-state index contributed by atoms with van der Waals surface area (Å²) in [4.78, 5) is 10.2. The Balaban J connectivity index is 1.16. The van der Waals surface area contributed by atoms with Gasteiger partial charge in [-0.1, -0.05) is 98.8 Å². The van der Waals surface area contributed by atoms with Crippen LogP contribution in [0.3, 0.4) is 0 Å². The molecule has 1 aliphatic carbocycles. The van der Waals surface area contributed by atoms with Gasteiger partial charge >= 0.3 is 0 Å². The van der Waals surface area contributed by atoms with E-state index in [9.17, 15) is 0 Å². The molecule has 0 atom stereocenters. The molecule has 2 aliphatic rings. The van der Waals surface area contributed by atoms with Gasteiger partial charge in [0.15, 0.2) is 28.8 Å². The molecule has 0 saturated carbocycles. The van der Waals surface area contributed by atoms with Gasteiger partial charge in [-0.3, -0.25) is 0 Å². The Hall–Kier alpha value is -5.48. The number of fused-ring (bicyclic) bond motifs is 7. The average molecular weight is 555 g/mol. The fourth-order valence-electron chi connectivity index (χ4n) is 6.76. The summed E-state index contributed by atoms with van der Waals surface area (Å²) >= 11 is 0. The van der Waals surface area contributed by atoms with Crippen molar-refractivity contribution in [3.63, 3.8) is 0 Å². The summed E-state index contributed by atoms with van der Waals surface area (Å²) in [5.74, 6) is 3.43. The van der Waals surface area contributed by atoms with Crippen molar-refractivity contribution in [2.45, 2.75) is 19.3 Å². The van der Waals surface area contributed by atoms with Crippen molar-refractivity contribution >= 4 is 21.7 Å². The van der Waals surface area contributed by atoms with Crippen LogP contribution in [-0.4, -0.2) is 9.97 Å². The van der Waals surface area contributed by atoms with Gasteiger partial charge in [-0.15, -0.1) is 0 Å². The Kier molecular flexibility index (Phi) is 4.92. The number of aromatic nitrogens is 2. The van der Waals surface area contributed by atoms with Gasteiger partial charge in [0.2, 0.25) is 0 Å². The van der Waals surface area contributed by atoms with E-state index in [4.69, 9.17) is 19.4 Å². The van der Waals surface area contributed by atoms with Gasteiger partial charge in [0, 0.05) is 21.9 Å². The van der Waals surface area contributed by atoms with Gasteiger partial charge in [0.05, 0.1) is 11.2 Å². The lowest BCUT2D eigenvalue weighted by molar-refractivity contribution is 0.359. The highest BCUT2D eigenvalue weighted by Gasteiger charge is 2.37. The summed E-state index contributed by atoms with van der Waals surface area (Å²) < 4.78 is 13.0. The molecule has 0 spiro atoms. The molecule has 0 N–H and O–H groups in total. The summed E-state index contributed by atoms with van der Waals surface area (Å²) in [5, 5.41) is 3.36. The lowest BCUT2D eigenvalue weighted by Crippen LogP contribution is -2.15. The lowest BCUT2D eigenvalue weighted by atomic mass is 9.82. The standard InChI is InChI=1S/C39H26N2O2/c1-39(2)30-16-7-5-13-26(30)29-21-35-36(22-31(29)39)43-34-20-24(18-19-33(34)42-35)38-40-32-17-8-6-14-28(32)37(41-38)27-15-9-11-23-10-3-4-12-25(23)27/h3-22H,1-2H3. The van der Waals surface area contributed by atoms with E-state index in [0.717, 1.165) is 44.6 Å². The van der Waals surface area contributed by atoms with E-state index in [2.05, 4.69) is 98.8 Å². The Bertz CT molecular complexity index is 2280. The monoisotopic (exact) mass is 554 g/mol. The van der Waals surface area contributed by atoms with Gasteiger partial charge < -0.3 is 9.47 Å². The van der Waals surface area contributed by atoms with Gasteiger partial charge in [-0.25, -0.2) is 9.97 Å². The third-order valence-electron chi connectivity index (χ3n) is 8.94. The van der Waals surface area contributed by atoms with Crippen molar-refractivity contribution in [1.82, 2.24) is 9.97 Å². The van der Waals surface area contributed by atoms with Crippen LogP contribution in [0.5, 0.6) is 23.0 Å². The fourth-order valence-corrected chi connectivity index (χ4v) is 6.76. The van der Waals surface area contributed by atoms with Gasteiger partial charge in [-0.2, -0.15) is 0 Å². The third kappa shape index (κ3) is 3.56. The van der Waals surface area contributed by atoms with Crippen molar-refractivity contribution in [1.29, 1.82) is 0 Å². The summed E-state index contributed by atoms with van der Waals surface area (Å²) in [6.07, 6.45) is 0. The maximum atomic E-state index is 6.54. The first-order valence-electron chi connectivity index (χ1n) is 14.6. The maximum absolute atomic E-state index is 6.54. The minimum Gasteiger partial charge on any atom is -0.449 e. The molecule has 1 aliphatic heterocycles. The van der Waals surface area contributed by atoms with E-state index in [0.29, 0.717) is 17.3 Å². The van der Waals surface area contributed by atoms with Crippen molar-refractivity contribution in [2.75, 3.05) is 0 Å². The van der Waals surface area contributed by atoms with Crippen molar-refractivity contribution in [3.05, 3.63) is 132 Å². The zero-order valence-electron chi connectivity index (χ0n) is 23.8. The molecule has 0 bridgehead atoms. The number of ether oxygens (including phenoxy) is 2. The molecule has 7 aromatic rings. The van der Waals surface area contributed by atoms with Crippen molar-refractivity contribution < 1.29 is 9.47 Å². The minimum atomic E-state index is -0.122. The summed E-state index contributed by atoms with van der Waals surface area (Å²) in [5.41, 5.74) is 8.66. The molecule has 9 rings (SSSR count). The van der Waals surface area contributed by atoms with Gasteiger partial charge in [-0.05, 0) is 69.4 Å². The molecule has 0 fully saturated rings. The molecule has 6 aromatic carbocycles. The lowest BCUT2D eigenvalue weighted by Gasteiger charge is -2.25. The highest BCUT2D eigenvalue weighted by molar-refractivity contribution is 6.03. The first-order chi connectivity index (χ1) is 21.0. The minimum absolute atomic E-state index is 0.122. The molecule has 2 heterocycles. The molecule has 0 saturated heterocycles. The molecule has 43 heavy (non-hydrogen) atoms. The van der Waals surface area contributed by atoms with Crippen molar-refractivity contribution in [2.24, 2.45) is 0 Å². The summed E-state index contributed by atoms with van der Waals surface area (Å²) in [6.45, 7) is 4.54. The van der Waals surface area contributed by atoms with Crippen LogP contribution >= 0.6 is 0 Å². The zero-order valence-corrected chi connectivity index (χ0v) is 23.8. The summed E-state index contributed by atoms with van der Waals surface area (Å²) in [7, 11) is 0. The van der Waals surface area contributed by atoms with Crippen molar-refractivity contribution in [3.8, 4) is 56.8 Å². The second kappa shape index (κ2) is 8.76. The zero-order chi connectivity index (χ0) is 28.7. The third-order valence-corrected chi connectivity index (χ3v) is 8.94. The van der Waals surface area contributed by atoms with Crippen LogP contribution in [-0.2, 0) is 5.41 Å². The predicted octanol–water partition coefficient (Wildman–Crippen LogP) is 10.3. The summed E-state index contributed by atoms with van der Waals surface area (Å²) in [6, 6.07) is 41.8. The molecule has 1 aromatic heterocycles. The first-order valence-corrected chi connectivity index (χ1v) is 14.6. The number of benzene rings is 6. The van der Waals surface area contributed by atoms with Gasteiger partial charge in [0.25, 0.3) is 0 Å². The van der Waals surface area contributed by atoms with Crippen LogP contribution in [0.4, 0.5) is 0 Å². The van der Waals surface area contributed by atoms with Crippen LogP contribution in [0.15, 0.2) is 121 Å². The smallest absolute Gasteiger partial charge is 0.170 e. The second-order valence-corrected chi connectivity index (χ2v) is 11.8. The highest BCUT2D eigenvalue weighted by Crippen LogP contribution is 2.55. The molecule has 204 valence electrons.